The average Bonchev–Trinajstić information content (AvgIpc) is 2.77. The van der Waals surface area contributed by atoms with E-state index in [0.29, 0.717) is 32.8 Å². The lowest BCUT2D eigenvalue weighted by molar-refractivity contribution is -0.145. The van der Waals surface area contributed by atoms with Crippen molar-refractivity contribution in [1.82, 2.24) is 0 Å². The largest absolute Gasteiger partial charge is 0.463 e. The Hall–Kier alpha value is -0.320. The van der Waals surface area contributed by atoms with Crippen molar-refractivity contribution in [3.63, 3.8) is 0 Å². The van der Waals surface area contributed by atoms with Crippen molar-refractivity contribution in [2.45, 2.75) is 122 Å². The highest BCUT2D eigenvalue weighted by Crippen LogP contribution is 2.13. The van der Waals surface area contributed by atoms with Crippen LogP contribution in [0.5, 0.6) is 0 Å². The average molecular weight is 463 g/mol. The van der Waals surface area contributed by atoms with E-state index in [2.05, 4.69) is 6.92 Å². The van der Waals surface area contributed by atoms with Crippen LogP contribution < -0.4 is 0 Å². The van der Waals surface area contributed by atoms with E-state index in [-0.39, 0.29) is 5.97 Å². The molecule has 0 bridgehead atoms. The molecular formula is C26H51ClO4. The number of hydrogen-bond acceptors (Lipinski definition) is 4. The van der Waals surface area contributed by atoms with Gasteiger partial charge in [0.25, 0.3) is 0 Å². The second-order valence-electron chi connectivity index (χ2n) is 8.54. The van der Waals surface area contributed by atoms with Crippen molar-refractivity contribution < 1.29 is 19.0 Å². The summed E-state index contributed by atoms with van der Waals surface area (Å²) in [7, 11) is 0. The Bertz CT molecular complexity index is 352. The Kier molecular flexibility index (Phi) is 27.4. The zero-order valence-electron chi connectivity index (χ0n) is 20.5. The van der Waals surface area contributed by atoms with E-state index in [1.165, 1.54) is 83.5 Å². The van der Waals surface area contributed by atoms with Crippen molar-refractivity contribution in [3.8, 4) is 0 Å². The molecule has 0 radical (unpaired) electrons. The Morgan fingerprint density at radius 1 is 0.548 bits per heavy atom. The first-order valence-corrected chi connectivity index (χ1v) is 13.7. The van der Waals surface area contributed by atoms with Crippen LogP contribution in [-0.4, -0.2) is 44.9 Å². The van der Waals surface area contributed by atoms with Crippen molar-refractivity contribution in [2.75, 3.05) is 38.9 Å². The second-order valence-corrected chi connectivity index (χ2v) is 8.92. The molecule has 4 nitrogen and oxygen atoms in total. The molecule has 0 aromatic carbocycles. The molecule has 0 fully saturated rings. The van der Waals surface area contributed by atoms with Crippen LogP contribution >= 0.6 is 11.6 Å². The SMILES string of the molecule is CCCCCCCCCCCCCCCC(=O)OCCOCCOCCCCCCCl. The van der Waals surface area contributed by atoms with Gasteiger partial charge in [-0.05, 0) is 19.3 Å². The molecular weight excluding hydrogens is 412 g/mol. The van der Waals surface area contributed by atoms with Gasteiger partial charge in [-0.3, -0.25) is 4.79 Å². The van der Waals surface area contributed by atoms with Gasteiger partial charge in [0.1, 0.15) is 6.61 Å². The molecule has 0 aromatic rings. The molecule has 0 aliphatic rings. The molecule has 0 saturated heterocycles. The van der Waals surface area contributed by atoms with Gasteiger partial charge in [-0.15, -0.1) is 11.6 Å². The summed E-state index contributed by atoms with van der Waals surface area (Å²) < 4.78 is 16.2. The molecule has 0 unspecified atom stereocenters. The molecule has 0 aliphatic heterocycles. The number of carbonyl (C=O) groups excluding carboxylic acids is 1. The van der Waals surface area contributed by atoms with Crippen LogP contribution in [-0.2, 0) is 19.0 Å². The topological polar surface area (TPSA) is 44.8 Å². The third-order valence-electron chi connectivity index (χ3n) is 5.52. The maximum atomic E-state index is 11.7. The second kappa shape index (κ2) is 27.7. The summed E-state index contributed by atoms with van der Waals surface area (Å²) in [6, 6.07) is 0. The fourth-order valence-corrected chi connectivity index (χ4v) is 3.74. The van der Waals surface area contributed by atoms with Crippen LogP contribution in [0.2, 0.25) is 0 Å². The van der Waals surface area contributed by atoms with Crippen LogP contribution in [0.25, 0.3) is 0 Å². The fourth-order valence-electron chi connectivity index (χ4n) is 3.55. The number of halogens is 1. The number of ether oxygens (including phenoxy) is 3. The van der Waals surface area contributed by atoms with Gasteiger partial charge in [0.2, 0.25) is 0 Å². The molecule has 186 valence electrons. The summed E-state index contributed by atoms with van der Waals surface area (Å²) >= 11 is 5.64. The summed E-state index contributed by atoms with van der Waals surface area (Å²) in [5, 5.41) is 0. The van der Waals surface area contributed by atoms with Crippen molar-refractivity contribution in [2.24, 2.45) is 0 Å². The minimum absolute atomic E-state index is 0.0973. The molecule has 0 amide bonds. The highest BCUT2D eigenvalue weighted by Gasteiger charge is 2.02. The van der Waals surface area contributed by atoms with E-state index in [9.17, 15) is 4.79 Å². The fraction of sp³-hybridized carbons (Fsp3) is 0.962. The van der Waals surface area contributed by atoms with Gasteiger partial charge < -0.3 is 14.2 Å². The maximum absolute atomic E-state index is 11.7. The van der Waals surface area contributed by atoms with Crippen LogP contribution in [0.3, 0.4) is 0 Å². The maximum Gasteiger partial charge on any atom is 0.305 e. The van der Waals surface area contributed by atoms with E-state index in [4.69, 9.17) is 25.8 Å². The van der Waals surface area contributed by atoms with E-state index in [1.807, 2.05) is 0 Å². The van der Waals surface area contributed by atoms with E-state index in [0.717, 1.165) is 38.2 Å². The first-order valence-electron chi connectivity index (χ1n) is 13.2. The zero-order chi connectivity index (χ0) is 22.7. The normalized spacial score (nSPS) is 11.2. The highest BCUT2D eigenvalue weighted by molar-refractivity contribution is 6.17. The first-order chi connectivity index (χ1) is 15.3. The molecule has 0 spiro atoms. The Balaban J connectivity index is 3.14. The molecule has 0 N–H and O–H groups in total. The van der Waals surface area contributed by atoms with Gasteiger partial charge >= 0.3 is 5.97 Å². The number of hydrogen-bond donors (Lipinski definition) is 0. The molecule has 0 aliphatic carbocycles. The highest BCUT2D eigenvalue weighted by atomic mass is 35.5. The van der Waals surface area contributed by atoms with Gasteiger partial charge in [-0.1, -0.05) is 96.8 Å². The van der Waals surface area contributed by atoms with Gasteiger partial charge in [0.15, 0.2) is 0 Å². The standard InChI is InChI=1S/C26H51ClO4/c1-2-3-4-5-6-7-8-9-10-11-12-13-16-19-26(28)31-25-24-30-23-22-29-21-18-15-14-17-20-27/h2-25H2,1H3. The molecule has 0 atom stereocenters. The third-order valence-corrected chi connectivity index (χ3v) is 5.79. The Morgan fingerprint density at radius 3 is 1.58 bits per heavy atom. The zero-order valence-corrected chi connectivity index (χ0v) is 21.2. The van der Waals surface area contributed by atoms with Gasteiger partial charge in [-0.25, -0.2) is 0 Å². The number of esters is 1. The van der Waals surface area contributed by atoms with E-state index >= 15 is 0 Å². The number of rotatable bonds is 26. The van der Waals surface area contributed by atoms with Gasteiger partial charge in [0.05, 0.1) is 19.8 Å². The predicted molar refractivity (Wildman–Crippen MR) is 132 cm³/mol. The van der Waals surface area contributed by atoms with Crippen LogP contribution in [0, 0.1) is 0 Å². The quantitative estimate of drug-likeness (QED) is 0.0745. The van der Waals surface area contributed by atoms with Crippen LogP contribution in [0.4, 0.5) is 0 Å². The Labute approximate surface area is 198 Å². The summed E-state index contributed by atoms with van der Waals surface area (Å²) in [6.45, 7) is 4.99. The number of carbonyl (C=O) groups is 1. The lowest BCUT2D eigenvalue weighted by atomic mass is 10.0. The van der Waals surface area contributed by atoms with Crippen molar-refractivity contribution in [3.05, 3.63) is 0 Å². The number of alkyl halides is 1. The predicted octanol–water partition coefficient (Wildman–Crippen LogP) is 7.84. The van der Waals surface area contributed by atoms with E-state index in [1.54, 1.807) is 0 Å². The summed E-state index contributed by atoms with van der Waals surface area (Å²) in [5.41, 5.74) is 0. The number of unbranched alkanes of at least 4 members (excludes halogenated alkanes) is 15. The molecule has 0 heterocycles. The summed E-state index contributed by atoms with van der Waals surface area (Å²) in [6.07, 6.45) is 22.1. The molecule has 5 heteroatoms. The van der Waals surface area contributed by atoms with Gasteiger partial charge in [0, 0.05) is 18.9 Å². The molecule has 0 rings (SSSR count). The van der Waals surface area contributed by atoms with Crippen molar-refractivity contribution >= 4 is 17.6 Å². The van der Waals surface area contributed by atoms with Gasteiger partial charge in [-0.2, -0.15) is 0 Å². The third kappa shape index (κ3) is 27.6. The lowest BCUT2D eigenvalue weighted by Crippen LogP contribution is -2.13. The lowest BCUT2D eigenvalue weighted by Gasteiger charge is -2.07. The minimum atomic E-state index is -0.0973. The minimum Gasteiger partial charge on any atom is -0.463 e. The Morgan fingerprint density at radius 2 is 1.00 bits per heavy atom. The monoisotopic (exact) mass is 462 g/mol. The molecule has 31 heavy (non-hydrogen) atoms. The first kappa shape index (κ1) is 30.7. The molecule has 0 saturated carbocycles. The van der Waals surface area contributed by atoms with Crippen LogP contribution in [0.1, 0.15) is 122 Å². The van der Waals surface area contributed by atoms with Crippen molar-refractivity contribution in [1.29, 1.82) is 0 Å². The molecule has 0 aromatic heterocycles. The van der Waals surface area contributed by atoms with Crippen LogP contribution in [0.15, 0.2) is 0 Å². The summed E-state index contributed by atoms with van der Waals surface area (Å²) in [4.78, 5) is 11.7. The summed E-state index contributed by atoms with van der Waals surface area (Å²) in [5.74, 6) is 0.651. The smallest absolute Gasteiger partial charge is 0.305 e. The van der Waals surface area contributed by atoms with E-state index < -0.39 is 0 Å².